The van der Waals surface area contributed by atoms with Gasteiger partial charge in [-0.25, -0.2) is 6.57 Å². The molecule has 0 spiro atoms. The summed E-state index contributed by atoms with van der Waals surface area (Å²) in [5, 5.41) is 0. The summed E-state index contributed by atoms with van der Waals surface area (Å²) in [6.07, 6.45) is 0.834. The summed E-state index contributed by atoms with van der Waals surface area (Å²) in [7, 11) is 1.68. The average Bonchev–Trinajstić information content (AvgIpc) is 2.49. The van der Waals surface area contributed by atoms with E-state index in [-0.39, 0.29) is 5.92 Å². The molecule has 1 unspecified atom stereocenters. The predicted octanol–water partition coefficient (Wildman–Crippen LogP) is 4.14. The summed E-state index contributed by atoms with van der Waals surface area (Å²) in [5.74, 6) is 1.12. The normalized spacial score (nSPS) is 11.6. The Balaban J connectivity index is 2.34. The van der Waals surface area contributed by atoms with Crippen molar-refractivity contribution in [3.8, 4) is 5.75 Å². The van der Waals surface area contributed by atoms with Crippen molar-refractivity contribution in [2.75, 3.05) is 13.7 Å². The zero-order valence-corrected chi connectivity index (χ0v) is 11.0. The number of hydrogen-bond acceptors (Lipinski definition) is 1. The molecule has 0 amide bonds. The van der Waals surface area contributed by atoms with Crippen molar-refractivity contribution < 1.29 is 4.74 Å². The summed E-state index contributed by atoms with van der Waals surface area (Å²) >= 11 is 0. The Labute approximate surface area is 114 Å². The molecule has 19 heavy (non-hydrogen) atoms. The standard InChI is InChI=1S/C17H17NO/c1-18-12-11-17(14-7-4-3-5-8-14)15-9-6-10-16(13-15)19-2/h3-10,13,17H,11-12H2,2H3. The molecule has 2 rings (SSSR count). The van der Waals surface area contributed by atoms with Crippen LogP contribution in [0.15, 0.2) is 54.6 Å². The van der Waals surface area contributed by atoms with Gasteiger partial charge in [-0.3, -0.25) is 0 Å². The topological polar surface area (TPSA) is 13.6 Å². The lowest BCUT2D eigenvalue weighted by Gasteiger charge is -2.16. The Morgan fingerprint density at radius 2 is 1.79 bits per heavy atom. The van der Waals surface area contributed by atoms with E-state index in [0.29, 0.717) is 6.54 Å². The highest BCUT2D eigenvalue weighted by Gasteiger charge is 2.15. The molecule has 0 aliphatic rings. The molecule has 2 heteroatoms. The van der Waals surface area contributed by atoms with Crippen LogP contribution in [0.3, 0.4) is 0 Å². The highest BCUT2D eigenvalue weighted by Crippen LogP contribution is 2.30. The first-order chi connectivity index (χ1) is 9.35. The van der Waals surface area contributed by atoms with E-state index in [1.807, 2.05) is 30.3 Å². The molecule has 0 fully saturated rings. The maximum Gasteiger partial charge on any atom is 0.215 e. The number of rotatable bonds is 5. The molecular formula is C17H17NO. The number of nitrogens with zero attached hydrogens (tertiary/aromatic N) is 1. The van der Waals surface area contributed by atoms with E-state index in [4.69, 9.17) is 11.3 Å². The van der Waals surface area contributed by atoms with E-state index in [1.54, 1.807) is 7.11 Å². The second-order valence-corrected chi connectivity index (χ2v) is 4.41. The lowest BCUT2D eigenvalue weighted by molar-refractivity contribution is 0.414. The maximum atomic E-state index is 7.00. The molecular weight excluding hydrogens is 234 g/mol. The third-order valence-corrected chi connectivity index (χ3v) is 3.23. The Kier molecular flexibility index (Phi) is 4.58. The van der Waals surface area contributed by atoms with Gasteiger partial charge in [0.2, 0.25) is 6.54 Å². The fraction of sp³-hybridized carbons (Fsp3) is 0.235. The minimum absolute atomic E-state index is 0.255. The Bertz CT molecular complexity index is 557. The van der Waals surface area contributed by atoms with Crippen LogP contribution in [0.4, 0.5) is 0 Å². The molecule has 0 saturated carbocycles. The first-order valence-corrected chi connectivity index (χ1v) is 6.37. The molecule has 0 N–H and O–H groups in total. The fourth-order valence-corrected chi connectivity index (χ4v) is 2.26. The lowest BCUT2D eigenvalue weighted by atomic mass is 9.88. The third kappa shape index (κ3) is 3.35. The predicted molar refractivity (Wildman–Crippen MR) is 77.4 cm³/mol. The molecule has 2 aromatic rings. The van der Waals surface area contributed by atoms with Gasteiger partial charge in [-0.2, -0.15) is 0 Å². The molecule has 0 heterocycles. The molecule has 0 saturated heterocycles. The van der Waals surface area contributed by atoms with Gasteiger partial charge >= 0.3 is 0 Å². The van der Waals surface area contributed by atoms with E-state index in [2.05, 4.69) is 29.1 Å². The van der Waals surface area contributed by atoms with Gasteiger partial charge in [-0.1, -0.05) is 42.5 Å². The highest BCUT2D eigenvalue weighted by molar-refractivity contribution is 5.37. The van der Waals surface area contributed by atoms with Crippen LogP contribution in [0, 0.1) is 6.57 Å². The second kappa shape index (κ2) is 6.61. The van der Waals surface area contributed by atoms with E-state index in [9.17, 15) is 0 Å². The summed E-state index contributed by atoms with van der Waals surface area (Å²) in [6.45, 7) is 7.54. The van der Waals surface area contributed by atoms with Crippen molar-refractivity contribution in [3.63, 3.8) is 0 Å². The summed E-state index contributed by atoms with van der Waals surface area (Å²) in [5.41, 5.74) is 2.45. The van der Waals surface area contributed by atoms with Crippen molar-refractivity contribution in [1.82, 2.24) is 0 Å². The number of ether oxygens (including phenoxy) is 1. The van der Waals surface area contributed by atoms with E-state index in [0.717, 1.165) is 12.2 Å². The summed E-state index contributed by atoms with van der Waals surface area (Å²) < 4.78 is 5.28. The van der Waals surface area contributed by atoms with E-state index < -0.39 is 0 Å². The zero-order valence-electron chi connectivity index (χ0n) is 11.0. The van der Waals surface area contributed by atoms with Crippen LogP contribution >= 0.6 is 0 Å². The Morgan fingerprint density at radius 1 is 1.05 bits per heavy atom. The molecule has 0 aliphatic heterocycles. The molecule has 1 atom stereocenters. The van der Waals surface area contributed by atoms with Crippen LogP contribution in [-0.4, -0.2) is 13.7 Å². The SMILES string of the molecule is [C-]#[N+]CCC(c1ccccc1)c1cccc(OC)c1. The van der Waals surface area contributed by atoms with Gasteiger partial charge in [0.15, 0.2) is 0 Å². The second-order valence-electron chi connectivity index (χ2n) is 4.41. The van der Waals surface area contributed by atoms with Crippen LogP contribution < -0.4 is 4.74 Å². The minimum atomic E-state index is 0.255. The number of benzene rings is 2. The monoisotopic (exact) mass is 251 g/mol. The van der Waals surface area contributed by atoms with Crippen molar-refractivity contribution in [1.29, 1.82) is 0 Å². The van der Waals surface area contributed by atoms with Gasteiger partial charge in [0.25, 0.3) is 0 Å². The molecule has 0 bridgehead atoms. The third-order valence-electron chi connectivity index (χ3n) is 3.23. The first-order valence-electron chi connectivity index (χ1n) is 6.37. The van der Waals surface area contributed by atoms with Gasteiger partial charge < -0.3 is 9.58 Å². The van der Waals surface area contributed by atoms with Gasteiger partial charge in [0.1, 0.15) is 5.75 Å². The number of hydrogen-bond donors (Lipinski definition) is 0. The summed E-state index contributed by atoms with van der Waals surface area (Å²) in [6, 6.07) is 18.4. The molecule has 0 aromatic heterocycles. The average molecular weight is 251 g/mol. The lowest BCUT2D eigenvalue weighted by Crippen LogP contribution is -2.03. The van der Waals surface area contributed by atoms with Gasteiger partial charge in [0, 0.05) is 12.3 Å². The quantitative estimate of drug-likeness (QED) is 0.728. The molecule has 2 aromatic carbocycles. The summed E-state index contributed by atoms with van der Waals surface area (Å²) in [4.78, 5) is 3.49. The van der Waals surface area contributed by atoms with Crippen LogP contribution in [0.25, 0.3) is 4.85 Å². The zero-order chi connectivity index (χ0) is 13.5. The van der Waals surface area contributed by atoms with Crippen molar-refractivity contribution >= 4 is 0 Å². The van der Waals surface area contributed by atoms with Gasteiger partial charge in [-0.05, 0) is 23.3 Å². The van der Waals surface area contributed by atoms with Gasteiger partial charge in [-0.15, -0.1) is 0 Å². The van der Waals surface area contributed by atoms with Crippen molar-refractivity contribution in [2.24, 2.45) is 0 Å². The molecule has 2 nitrogen and oxygen atoms in total. The van der Waals surface area contributed by atoms with Gasteiger partial charge in [0.05, 0.1) is 7.11 Å². The number of methoxy groups -OCH3 is 1. The minimum Gasteiger partial charge on any atom is -0.497 e. The molecule has 96 valence electrons. The Hall–Kier alpha value is -2.27. The van der Waals surface area contributed by atoms with Crippen molar-refractivity contribution in [2.45, 2.75) is 12.3 Å². The van der Waals surface area contributed by atoms with E-state index >= 15 is 0 Å². The fourth-order valence-electron chi connectivity index (χ4n) is 2.26. The van der Waals surface area contributed by atoms with Crippen LogP contribution in [0.1, 0.15) is 23.5 Å². The maximum absolute atomic E-state index is 7.00. The Morgan fingerprint density at radius 3 is 2.47 bits per heavy atom. The largest absolute Gasteiger partial charge is 0.497 e. The smallest absolute Gasteiger partial charge is 0.215 e. The first kappa shape index (κ1) is 13.2. The van der Waals surface area contributed by atoms with E-state index in [1.165, 1.54) is 11.1 Å². The molecule has 0 radical (unpaired) electrons. The van der Waals surface area contributed by atoms with Crippen molar-refractivity contribution in [3.05, 3.63) is 77.1 Å². The van der Waals surface area contributed by atoms with Crippen LogP contribution in [0.2, 0.25) is 0 Å². The molecule has 0 aliphatic carbocycles. The van der Waals surface area contributed by atoms with Crippen LogP contribution in [-0.2, 0) is 0 Å². The highest BCUT2D eigenvalue weighted by atomic mass is 16.5. The van der Waals surface area contributed by atoms with Crippen LogP contribution in [0.5, 0.6) is 5.75 Å².